The molecule has 5 nitrogen and oxygen atoms in total. The number of ether oxygens (including phenoxy) is 2. The first kappa shape index (κ1) is 17.6. The number of para-hydroxylation sites is 1. The van der Waals surface area contributed by atoms with Gasteiger partial charge in [-0.3, -0.25) is 14.5 Å². The lowest BCUT2D eigenvalue weighted by Crippen LogP contribution is -2.22. The van der Waals surface area contributed by atoms with Crippen molar-refractivity contribution < 1.29 is 19.1 Å². The van der Waals surface area contributed by atoms with Crippen LogP contribution in [-0.2, 0) is 4.79 Å². The number of rotatable bonds is 4. The van der Waals surface area contributed by atoms with Gasteiger partial charge in [0.25, 0.3) is 11.1 Å². The van der Waals surface area contributed by atoms with E-state index in [-0.39, 0.29) is 11.1 Å². The van der Waals surface area contributed by atoms with Crippen LogP contribution in [0.25, 0.3) is 6.08 Å². The van der Waals surface area contributed by atoms with Gasteiger partial charge >= 0.3 is 0 Å². The molecule has 2 amide bonds. The Morgan fingerprint density at radius 3 is 2.44 bits per heavy atom. The van der Waals surface area contributed by atoms with E-state index in [0.717, 1.165) is 21.1 Å². The van der Waals surface area contributed by atoms with Gasteiger partial charge in [-0.05, 0) is 47.7 Å². The number of benzene rings is 2. The highest BCUT2D eigenvalue weighted by molar-refractivity contribution is 9.10. The Bertz CT molecular complexity index is 867. The number of carbonyl (C=O) groups excluding carboxylic acids is 2. The normalized spacial score (nSPS) is 15.8. The summed E-state index contributed by atoms with van der Waals surface area (Å²) >= 11 is 4.38. The molecule has 2 aromatic carbocycles. The lowest BCUT2D eigenvalue weighted by Gasteiger charge is -2.12. The zero-order valence-corrected chi connectivity index (χ0v) is 15.9. The minimum absolute atomic E-state index is 0.290. The number of imide groups is 1. The molecule has 0 spiro atoms. The van der Waals surface area contributed by atoms with E-state index >= 15 is 0 Å². The fraction of sp³-hybridized carbons (Fsp3) is 0.111. The maximum Gasteiger partial charge on any atom is 0.293 e. The third kappa shape index (κ3) is 3.72. The van der Waals surface area contributed by atoms with Crippen molar-refractivity contribution in [3.8, 4) is 17.2 Å². The fourth-order valence-electron chi connectivity index (χ4n) is 2.20. The summed E-state index contributed by atoms with van der Waals surface area (Å²) in [5.41, 5.74) is 0.714. The first-order valence-corrected chi connectivity index (χ1v) is 8.92. The van der Waals surface area contributed by atoms with Gasteiger partial charge in [-0.25, -0.2) is 0 Å². The average molecular weight is 420 g/mol. The average Bonchev–Trinajstić information content (AvgIpc) is 2.85. The number of nitrogens with zero attached hydrogens (tertiary/aromatic N) is 1. The summed E-state index contributed by atoms with van der Waals surface area (Å²) in [5.74, 6) is 1.42. The largest absolute Gasteiger partial charge is 0.493 e. The first-order valence-electron chi connectivity index (χ1n) is 7.31. The van der Waals surface area contributed by atoms with Crippen molar-refractivity contribution in [1.82, 2.24) is 4.90 Å². The second-order valence-corrected chi connectivity index (χ2v) is 7.03. The number of amides is 2. The molecule has 1 aliphatic heterocycles. The van der Waals surface area contributed by atoms with Crippen LogP contribution in [0.4, 0.5) is 4.79 Å². The van der Waals surface area contributed by atoms with E-state index in [1.165, 1.54) is 7.05 Å². The molecule has 0 atom stereocenters. The molecule has 0 saturated carbocycles. The smallest absolute Gasteiger partial charge is 0.293 e. The summed E-state index contributed by atoms with van der Waals surface area (Å²) in [6, 6.07) is 12.8. The van der Waals surface area contributed by atoms with Crippen LogP contribution in [0, 0.1) is 0 Å². The van der Waals surface area contributed by atoms with Crippen LogP contribution in [0.15, 0.2) is 51.8 Å². The van der Waals surface area contributed by atoms with Crippen molar-refractivity contribution in [1.29, 1.82) is 0 Å². The molecule has 0 N–H and O–H groups in total. The van der Waals surface area contributed by atoms with Gasteiger partial charge in [0.2, 0.25) is 0 Å². The molecular weight excluding hydrogens is 406 g/mol. The summed E-state index contributed by atoms with van der Waals surface area (Å²) < 4.78 is 12.0. The molecule has 0 bridgehead atoms. The third-order valence-corrected chi connectivity index (χ3v) is 5.17. The first-order chi connectivity index (χ1) is 12.0. The number of carbonyl (C=O) groups is 2. The van der Waals surface area contributed by atoms with Gasteiger partial charge in [-0.1, -0.05) is 34.1 Å². The highest BCUT2D eigenvalue weighted by Crippen LogP contribution is 2.39. The summed E-state index contributed by atoms with van der Waals surface area (Å²) in [5, 5.41) is -0.290. The minimum atomic E-state index is -0.316. The molecule has 3 rings (SSSR count). The standard InChI is InChI=1S/C18H14BrNO4S/c1-20-17(21)16(25-18(20)22)9-11-8-15(14(23-2)10-13(11)19)24-12-6-4-3-5-7-12/h3-10H,1-2H3/b16-9-. The van der Waals surface area contributed by atoms with Crippen LogP contribution in [0.1, 0.15) is 5.56 Å². The summed E-state index contributed by atoms with van der Waals surface area (Å²) in [6.07, 6.45) is 1.66. The van der Waals surface area contributed by atoms with Crippen molar-refractivity contribution in [2.75, 3.05) is 14.2 Å². The zero-order valence-electron chi connectivity index (χ0n) is 13.5. The van der Waals surface area contributed by atoms with Crippen molar-refractivity contribution in [2.45, 2.75) is 0 Å². The predicted octanol–water partition coefficient (Wildman–Crippen LogP) is 4.92. The van der Waals surface area contributed by atoms with Crippen LogP contribution in [0.3, 0.4) is 0 Å². The lowest BCUT2D eigenvalue weighted by atomic mass is 10.2. The summed E-state index contributed by atoms with van der Waals surface area (Å²) in [7, 11) is 3.02. The molecule has 25 heavy (non-hydrogen) atoms. The quantitative estimate of drug-likeness (QED) is 0.658. The number of hydrogen-bond acceptors (Lipinski definition) is 5. The molecule has 2 aromatic rings. The second kappa shape index (κ2) is 7.33. The van der Waals surface area contributed by atoms with Crippen LogP contribution in [0.2, 0.25) is 0 Å². The van der Waals surface area contributed by atoms with E-state index in [1.54, 1.807) is 25.3 Å². The SMILES string of the molecule is COc1cc(Br)c(/C=C2\SC(=O)N(C)C2=O)cc1Oc1ccccc1. The molecule has 1 aliphatic rings. The van der Waals surface area contributed by atoms with Gasteiger partial charge in [-0.15, -0.1) is 0 Å². The van der Waals surface area contributed by atoms with Gasteiger partial charge in [0.15, 0.2) is 11.5 Å². The molecule has 7 heteroatoms. The maximum absolute atomic E-state index is 12.1. The van der Waals surface area contributed by atoms with Crippen LogP contribution < -0.4 is 9.47 Å². The highest BCUT2D eigenvalue weighted by atomic mass is 79.9. The van der Waals surface area contributed by atoms with E-state index < -0.39 is 0 Å². The Morgan fingerprint density at radius 2 is 1.84 bits per heavy atom. The van der Waals surface area contributed by atoms with Gasteiger partial charge in [-0.2, -0.15) is 0 Å². The van der Waals surface area contributed by atoms with E-state index in [0.29, 0.717) is 27.7 Å². The number of methoxy groups -OCH3 is 1. The lowest BCUT2D eigenvalue weighted by molar-refractivity contribution is -0.121. The Hall–Kier alpha value is -2.25. The van der Waals surface area contributed by atoms with Crippen LogP contribution in [-0.4, -0.2) is 30.2 Å². The van der Waals surface area contributed by atoms with E-state index in [9.17, 15) is 9.59 Å². The van der Waals surface area contributed by atoms with Gasteiger partial charge in [0.1, 0.15) is 5.75 Å². The van der Waals surface area contributed by atoms with E-state index in [2.05, 4.69) is 15.9 Å². The van der Waals surface area contributed by atoms with E-state index in [1.807, 2.05) is 30.3 Å². The Morgan fingerprint density at radius 1 is 1.12 bits per heavy atom. The summed E-state index contributed by atoms with van der Waals surface area (Å²) in [6.45, 7) is 0. The fourth-order valence-corrected chi connectivity index (χ4v) is 3.46. The molecule has 1 fully saturated rings. The molecule has 1 saturated heterocycles. The minimum Gasteiger partial charge on any atom is -0.493 e. The zero-order chi connectivity index (χ0) is 18.0. The van der Waals surface area contributed by atoms with Crippen LogP contribution >= 0.6 is 27.7 Å². The van der Waals surface area contributed by atoms with Crippen molar-refractivity contribution in [3.63, 3.8) is 0 Å². The number of thioether (sulfide) groups is 1. The molecule has 0 aromatic heterocycles. The predicted molar refractivity (Wildman–Crippen MR) is 101 cm³/mol. The van der Waals surface area contributed by atoms with Gasteiger partial charge in [0, 0.05) is 11.5 Å². The monoisotopic (exact) mass is 419 g/mol. The van der Waals surface area contributed by atoms with Crippen molar-refractivity contribution in [2.24, 2.45) is 0 Å². The van der Waals surface area contributed by atoms with Crippen LogP contribution in [0.5, 0.6) is 17.2 Å². The Kier molecular flexibility index (Phi) is 5.15. The number of hydrogen-bond donors (Lipinski definition) is 0. The molecule has 1 heterocycles. The Labute approximate surface area is 157 Å². The number of likely N-dealkylation sites (N-methyl/N-ethyl adjacent to an activating group) is 1. The van der Waals surface area contributed by atoms with Crippen molar-refractivity contribution in [3.05, 3.63) is 57.4 Å². The van der Waals surface area contributed by atoms with Gasteiger partial charge < -0.3 is 9.47 Å². The maximum atomic E-state index is 12.1. The van der Waals surface area contributed by atoms with E-state index in [4.69, 9.17) is 9.47 Å². The molecule has 128 valence electrons. The topological polar surface area (TPSA) is 55.8 Å². The highest BCUT2D eigenvalue weighted by Gasteiger charge is 2.32. The third-order valence-electron chi connectivity index (χ3n) is 3.53. The second-order valence-electron chi connectivity index (χ2n) is 5.18. The van der Waals surface area contributed by atoms with Gasteiger partial charge in [0.05, 0.1) is 12.0 Å². The summed E-state index contributed by atoms with van der Waals surface area (Å²) in [4.78, 5) is 25.2. The molecular formula is C18H14BrNO4S. The number of halogens is 1. The molecule has 0 radical (unpaired) electrons. The molecule has 0 aliphatic carbocycles. The molecule has 0 unspecified atom stereocenters. The van der Waals surface area contributed by atoms with Crippen molar-refractivity contribution >= 4 is 44.9 Å². The Balaban J connectivity index is 1.99.